The maximum Gasteiger partial charge on any atom is 0.248 e. The number of nitrogens with one attached hydrogen (secondary N) is 1. The molecule has 2 fully saturated rings. The highest BCUT2D eigenvalue weighted by atomic mass is 16.1. The van der Waals surface area contributed by atoms with Crippen LogP contribution in [0, 0.1) is 5.92 Å². The molecule has 0 aromatic heterocycles. The standard InChI is InChI=1S/C21H33N3O/c1-15(2)8-9-23-10-11-24-19-6-7-20(24)14-18(13-19)16-4-3-5-17(12-16)21(22)25/h3-5,12,15,18-20,23H,6-11,13-14H2,1-2H3,(H2,22,25). The lowest BCUT2D eigenvalue weighted by atomic mass is 9.84. The second kappa shape index (κ2) is 8.33. The molecule has 3 N–H and O–H groups in total. The summed E-state index contributed by atoms with van der Waals surface area (Å²) in [5, 5.41) is 3.60. The molecule has 2 bridgehead atoms. The second-order valence-corrected chi connectivity index (χ2v) is 8.21. The minimum Gasteiger partial charge on any atom is -0.366 e. The van der Waals surface area contributed by atoms with Crippen LogP contribution >= 0.6 is 0 Å². The molecule has 2 atom stereocenters. The number of nitrogens with zero attached hydrogens (tertiary/aromatic N) is 1. The van der Waals surface area contributed by atoms with Crippen LogP contribution in [-0.4, -0.2) is 42.5 Å². The van der Waals surface area contributed by atoms with E-state index in [0.29, 0.717) is 23.6 Å². The predicted octanol–water partition coefficient (Wildman–Crippen LogP) is 3.13. The predicted molar refractivity (Wildman–Crippen MR) is 103 cm³/mol. The number of nitrogens with two attached hydrogens (primary N) is 1. The van der Waals surface area contributed by atoms with Crippen LogP contribution < -0.4 is 11.1 Å². The van der Waals surface area contributed by atoms with Crippen molar-refractivity contribution in [2.45, 2.75) is 64.0 Å². The van der Waals surface area contributed by atoms with E-state index < -0.39 is 0 Å². The molecule has 0 spiro atoms. The van der Waals surface area contributed by atoms with Crippen LogP contribution in [-0.2, 0) is 0 Å². The average molecular weight is 344 g/mol. The third-order valence-electron chi connectivity index (χ3n) is 5.97. The third-order valence-corrected chi connectivity index (χ3v) is 5.97. The van der Waals surface area contributed by atoms with Crippen molar-refractivity contribution in [1.82, 2.24) is 10.2 Å². The van der Waals surface area contributed by atoms with Crippen LogP contribution in [0.3, 0.4) is 0 Å². The van der Waals surface area contributed by atoms with Gasteiger partial charge < -0.3 is 11.1 Å². The minimum absolute atomic E-state index is 0.324. The van der Waals surface area contributed by atoms with Gasteiger partial charge in [-0.05, 0) is 68.2 Å². The number of piperidine rings is 1. The molecular formula is C21H33N3O. The van der Waals surface area contributed by atoms with Gasteiger partial charge in [-0.15, -0.1) is 0 Å². The van der Waals surface area contributed by atoms with Gasteiger partial charge in [0.25, 0.3) is 0 Å². The molecule has 3 rings (SSSR count). The van der Waals surface area contributed by atoms with Crippen LogP contribution in [0.15, 0.2) is 24.3 Å². The Morgan fingerprint density at radius 3 is 2.60 bits per heavy atom. The maximum absolute atomic E-state index is 11.4. The van der Waals surface area contributed by atoms with E-state index in [1.165, 1.54) is 44.2 Å². The first kappa shape index (κ1) is 18.4. The molecule has 1 aromatic carbocycles. The van der Waals surface area contributed by atoms with Crippen LogP contribution in [0.25, 0.3) is 0 Å². The van der Waals surface area contributed by atoms with Gasteiger partial charge in [-0.25, -0.2) is 0 Å². The highest BCUT2D eigenvalue weighted by Gasteiger charge is 2.40. The van der Waals surface area contributed by atoms with Gasteiger partial charge in [-0.1, -0.05) is 26.0 Å². The van der Waals surface area contributed by atoms with Crippen molar-refractivity contribution >= 4 is 5.91 Å². The zero-order chi connectivity index (χ0) is 17.8. The number of benzene rings is 1. The van der Waals surface area contributed by atoms with Gasteiger partial charge in [0.1, 0.15) is 0 Å². The molecular weight excluding hydrogens is 310 g/mol. The van der Waals surface area contributed by atoms with Crippen molar-refractivity contribution in [2.75, 3.05) is 19.6 Å². The van der Waals surface area contributed by atoms with Crippen molar-refractivity contribution in [3.63, 3.8) is 0 Å². The molecule has 1 aromatic rings. The summed E-state index contributed by atoms with van der Waals surface area (Å²) in [5.41, 5.74) is 7.38. The minimum atomic E-state index is -0.324. The first-order valence-electron chi connectivity index (χ1n) is 9.91. The molecule has 4 heteroatoms. The third kappa shape index (κ3) is 4.62. The molecule has 2 unspecified atom stereocenters. The quantitative estimate of drug-likeness (QED) is 0.713. The zero-order valence-corrected chi connectivity index (χ0v) is 15.7. The van der Waals surface area contributed by atoms with E-state index >= 15 is 0 Å². The molecule has 138 valence electrons. The van der Waals surface area contributed by atoms with E-state index in [9.17, 15) is 4.79 Å². The summed E-state index contributed by atoms with van der Waals surface area (Å²) < 4.78 is 0. The topological polar surface area (TPSA) is 58.4 Å². The second-order valence-electron chi connectivity index (χ2n) is 8.21. The Morgan fingerprint density at radius 2 is 1.96 bits per heavy atom. The van der Waals surface area contributed by atoms with Gasteiger partial charge >= 0.3 is 0 Å². The number of hydrogen-bond donors (Lipinski definition) is 2. The van der Waals surface area contributed by atoms with Crippen molar-refractivity contribution < 1.29 is 4.79 Å². The molecule has 4 nitrogen and oxygen atoms in total. The molecule has 2 heterocycles. The summed E-state index contributed by atoms with van der Waals surface area (Å²) in [7, 11) is 0. The summed E-state index contributed by atoms with van der Waals surface area (Å²) in [6.07, 6.45) is 6.33. The normalized spacial score (nSPS) is 26.3. The molecule has 0 radical (unpaired) electrons. The fourth-order valence-corrected chi connectivity index (χ4v) is 4.58. The van der Waals surface area contributed by atoms with Crippen LogP contribution in [0.1, 0.15) is 67.8 Å². The number of rotatable bonds is 8. The SMILES string of the molecule is CC(C)CCNCCN1C2CCC1CC(c1cccc(C(N)=O)c1)C2. The van der Waals surface area contributed by atoms with E-state index in [1.807, 2.05) is 18.2 Å². The lowest BCUT2D eigenvalue weighted by Crippen LogP contribution is -2.45. The van der Waals surface area contributed by atoms with E-state index in [4.69, 9.17) is 5.73 Å². The summed E-state index contributed by atoms with van der Waals surface area (Å²) in [6.45, 7) is 7.95. The fourth-order valence-electron chi connectivity index (χ4n) is 4.58. The van der Waals surface area contributed by atoms with Gasteiger partial charge in [0.2, 0.25) is 5.91 Å². The van der Waals surface area contributed by atoms with E-state index in [0.717, 1.165) is 19.0 Å². The van der Waals surface area contributed by atoms with Gasteiger partial charge in [0.05, 0.1) is 0 Å². The summed E-state index contributed by atoms with van der Waals surface area (Å²) in [4.78, 5) is 14.2. The molecule has 2 saturated heterocycles. The number of carbonyl (C=O) groups is 1. The summed E-state index contributed by atoms with van der Waals surface area (Å²) in [5.74, 6) is 1.02. The molecule has 1 amide bonds. The van der Waals surface area contributed by atoms with Gasteiger partial charge in [-0.2, -0.15) is 0 Å². The molecule has 0 saturated carbocycles. The summed E-state index contributed by atoms with van der Waals surface area (Å²) >= 11 is 0. The molecule has 2 aliphatic heterocycles. The zero-order valence-electron chi connectivity index (χ0n) is 15.7. The van der Waals surface area contributed by atoms with Crippen LogP contribution in [0.2, 0.25) is 0 Å². The Balaban J connectivity index is 1.53. The number of fused-ring (bicyclic) bond motifs is 2. The Bertz CT molecular complexity index is 572. The first-order valence-corrected chi connectivity index (χ1v) is 9.91. The van der Waals surface area contributed by atoms with Gasteiger partial charge in [0, 0.05) is 30.7 Å². The van der Waals surface area contributed by atoms with Crippen molar-refractivity contribution in [3.05, 3.63) is 35.4 Å². The van der Waals surface area contributed by atoms with Crippen LogP contribution in [0.4, 0.5) is 0 Å². The maximum atomic E-state index is 11.4. The lowest BCUT2D eigenvalue weighted by Gasteiger charge is -2.39. The van der Waals surface area contributed by atoms with Crippen LogP contribution in [0.5, 0.6) is 0 Å². The van der Waals surface area contributed by atoms with Gasteiger partial charge in [-0.3, -0.25) is 9.69 Å². The highest BCUT2D eigenvalue weighted by molar-refractivity contribution is 5.92. The number of hydrogen-bond acceptors (Lipinski definition) is 3. The average Bonchev–Trinajstić information content (AvgIpc) is 2.82. The molecule has 2 aliphatic rings. The van der Waals surface area contributed by atoms with Gasteiger partial charge in [0.15, 0.2) is 0 Å². The smallest absolute Gasteiger partial charge is 0.248 e. The van der Waals surface area contributed by atoms with Crippen molar-refractivity contribution in [2.24, 2.45) is 11.7 Å². The van der Waals surface area contributed by atoms with E-state index in [-0.39, 0.29) is 5.91 Å². The number of amides is 1. The number of carbonyl (C=O) groups excluding carboxylic acids is 1. The Labute approximate surface area is 152 Å². The largest absolute Gasteiger partial charge is 0.366 e. The first-order chi connectivity index (χ1) is 12.0. The van der Waals surface area contributed by atoms with Crippen molar-refractivity contribution in [1.29, 1.82) is 0 Å². The summed E-state index contributed by atoms with van der Waals surface area (Å²) in [6, 6.07) is 9.37. The number of primary amides is 1. The Morgan fingerprint density at radius 1 is 1.24 bits per heavy atom. The Kier molecular flexibility index (Phi) is 6.13. The fraction of sp³-hybridized carbons (Fsp3) is 0.667. The van der Waals surface area contributed by atoms with E-state index in [1.54, 1.807) is 0 Å². The molecule has 0 aliphatic carbocycles. The monoisotopic (exact) mass is 343 g/mol. The Hall–Kier alpha value is -1.39. The molecule has 25 heavy (non-hydrogen) atoms. The van der Waals surface area contributed by atoms with Crippen molar-refractivity contribution in [3.8, 4) is 0 Å². The highest BCUT2D eigenvalue weighted by Crippen LogP contribution is 2.42. The lowest BCUT2D eigenvalue weighted by molar-refractivity contribution is 0.1000. The van der Waals surface area contributed by atoms with E-state index in [2.05, 4.69) is 30.1 Å².